The third kappa shape index (κ3) is 5.76. The van der Waals surface area contributed by atoms with Crippen molar-refractivity contribution in [3.63, 3.8) is 0 Å². The molecule has 1 fully saturated rings. The zero-order chi connectivity index (χ0) is 17.4. The van der Waals surface area contributed by atoms with Crippen molar-refractivity contribution < 1.29 is 14.6 Å². The second-order valence-electron chi connectivity index (χ2n) is 6.11. The number of hydrogen-bond donors (Lipinski definition) is 1. The van der Waals surface area contributed by atoms with Crippen molar-refractivity contribution in [3.8, 4) is 0 Å². The van der Waals surface area contributed by atoms with Gasteiger partial charge in [0.25, 0.3) is 0 Å². The molecule has 0 spiro atoms. The Morgan fingerprint density at radius 1 is 1.33 bits per heavy atom. The number of morpholine rings is 1. The first-order chi connectivity index (χ1) is 11.6. The number of carboxylic acids is 1. The fraction of sp³-hybridized carbons (Fsp3) is 0.667. The molecule has 2 rings (SSSR count). The van der Waals surface area contributed by atoms with Gasteiger partial charge in [-0.3, -0.25) is 4.90 Å². The smallest absolute Gasteiger partial charge is 0.338 e. The van der Waals surface area contributed by atoms with Crippen LogP contribution in [0.1, 0.15) is 47.8 Å². The predicted molar refractivity (Wildman–Crippen MR) is 97.1 cm³/mol. The van der Waals surface area contributed by atoms with Crippen LogP contribution in [-0.4, -0.2) is 59.6 Å². The molecule has 6 heteroatoms. The van der Waals surface area contributed by atoms with Crippen LogP contribution in [0.25, 0.3) is 0 Å². The van der Waals surface area contributed by atoms with E-state index in [0.29, 0.717) is 10.6 Å². The van der Waals surface area contributed by atoms with Crippen LogP contribution in [-0.2, 0) is 11.2 Å². The van der Waals surface area contributed by atoms with Gasteiger partial charge in [-0.05, 0) is 50.1 Å². The number of pyridine rings is 1. The largest absolute Gasteiger partial charge is 0.478 e. The summed E-state index contributed by atoms with van der Waals surface area (Å²) in [5.41, 5.74) is 2.19. The lowest BCUT2D eigenvalue weighted by Gasteiger charge is -2.26. The maximum absolute atomic E-state index is 11.4. The predicted octanol–water partition coefficient (Wildman–Crippen LogP) is 3.25. The third-order valence-corrected chi connectivity index (χ3v) is 5.10. The SMILES string of the molecule is CCSc1nc(CCCCCN2CCOCC2)cc(C)c1C(=O)O. The number of carbonyl (C=O) groups is 1. The van der Waals surface area contributed by atoms with E-state index in [-0.39, 0.29) is 0 Å². The van der Waals surface area contributed by atoms with E-state index in [1.165, 1.54) is 24.6 Å². The van der Waals surface area contributed by atoms with E-state index in [9.17, 15) is 9.90 Å². The second-order valence-corrected chi connectivity index (χ2v) is 7.37. The number of unbranched alkanes of at least 4 members (excludes halogenated alkanes) is 2. The van der Waals surface area contributed by atoms with Gasteiger partial charge in [0.2, 0.25) is 0 Å². The van der Waals surface area contributed by atoms with Crippen molar-refractivity contribution in [2.24, 2.45) is 0 Å². The molecule has 24 heavy (non-hydrogen) atoms. The zero-order valence-electron chi connectivity index (χ0n) is 14.7. The van der Waals surface area contributed by atoms with Crippen LogP contribution in [0.2, 0.25) is 0 Å². The van der Waals surface area contributed by atoms with E-state index in [2.05, 4.69) is 9.88 Å². The molecular formula is C18H28N2O3S. The Bertz CT molecular complexity index is 545. The molecule has 1 aromatic rings. The molecule has 0 saturated carbocycles. The molecule has 0 atom stereocenters. The van der Waals surface area contributed by atoms with Gasteiger partial charge in [0, 0.05) is 18.8 Å². The fourth-order valence-corrected chi connectivity index (χ4v) is 3.83. The molecule has 0 bridgehead atoms. The quantitative estimate of drug-likeness (QED) is 0.544. The number of aromatic carboxylic acids is 1. The average Bonchev–Trinajstić information content (AvgIpc) is 2.55. The minimum atomic E-state index is -0.881. The third-order valence-electron chi connectivity index (χ3n) is 4.24. The topological polar surface area (TPSA) is 62.7 Å². The normalized spacial score (nSPS) is 15.6. The van der Waals surface area contributed by atoms with Crippen molar-refractivity contribution in [2.45, 2.75) is 44.6 Å². The molecule has 2 heterocycles. The van der Waals surface area contributed by atoms with Crippen molar-refractivity contribution in [1.82, 2.24) is 9.88 Å². The molecule has 134 valence electrons. The Hall–Kier alpha value is -1.11. The van der Waals surface area contributed by atoms with E-state index in [4.69, 9.17) is 4.74 Å². The molecular weight excluding hydrogens is 324 g/mol. The maximum Gasteiger partial charge on any atom is 0.338 e. The summed E-state index contributed by atoms with van der Waals surface area (Å²) in [6.45, 7) is 8.85. The Labute approximate surface area is 148 Å². The molecule has 1 N–H and O–H groups in total. The number of nitrogens with zero attached hydrogens (tertiary/aromatic N) is 2. The van der Waals surface area contributed by atoms with Gasteiger partial charge in [-0.15, -0.1) is 11.8 Å². The van der Waals surface area contributed by atoms with Gasteiger partial charge in [-0.1, -0.05) is 13.3 Å². The molecule has 5 nitrogen and oxygen atoms in total. The lowest BCUT2D eigenvalue weighted by atomic mass is 10.1. The summed E-state index contributed by atoms with van der Waals surface area (Å²) < 4.78 is 5.36. The van der Waals surface area contributed by atoms with Crippen LogP contribution < -0.4 is 0 Å². The number of hydrogen-bond acceptors (Lipinski definition) is 5. The van der Waals surface area contributed by atoms with Gasteiger partial charge in [0.1, 0.15) is 5.03 Å². The fourth-order valence-electron chi connectivity index (χ4n) is 2.98. The van der Waals surface area contributed by atoms with E-state index >= 15 is 0 Å². The molecule has 0 aromatic carbocycles. The van der Waals surface area contributed by atoms with Crippen molar-refractivity contribution >= 4 is 17.7 Å². The Morgan fingerprint density at radius 3 is 2.75 bits per heavy atom. The number of rotatable bonds is 9. The average molecular weight is 353 g/mol. The minimum Gasteiger partial charge on any atom is -0.478 e. The van der Waals surface area contributed by atoms with Gasteiger partial charge in [-0.25, -0.2) is 9.78 Å². The summed E-state index contributed by atoms with van der Waals surface area (Å²) in [4.78, 5) is 18.5. The van der Waals surface area contributed by atoms with Gasteiger partial charge in [0.15, 0.2) is 0 Å². The molecule has 0 unspecified atom stereocenters. The second kappa shape index (κ2) is 10.0. The van der Waals surface area contributed by atoms with Crippen LogP contribution in [0, 0.1) is 6.92 Å². The van der Waals surface area contributed by atoms with Gasteiger partial charge >= 0.3 is 5.97 Å². The molecule has 0 radical (unpaired) electrons. The van der Waals surface area contributed by atoms with Crippen LogP contribution >= 0.6 is 11.8 Å². The Morgan fingerprint density at radius 2 is 2.08 bits per heavy atom. The molecule has 1 aromatic heterocycles. The van der Waals surface area contributed by atoms with Crippen LogP contribution in [0.3, 0.4) is 0 Å². The van der Waals surface area contributed by atoms with Crippen LogP contribution in [0.5, 0.6) is 0 Å². The first-order valence-corrected chi connectivity index (χ1v) is 9.77. The highest BCUT2D eigenvalue weighted by Gasteiger charge is 2.16. The van der Waals surface area contributed by atoms with Gasteiger partial charge in [-0.2, -0.15) is 0 Å². The molecule has 0 amide bonds. The van der Waals surface area contributed by atoms with E-state index in [1.54, 1.807) is 0 Å². The summed E-state index contributed by atoms with van der Waals surface area (Å²) in [5, 5.41) is 10.0. The molecule has 1 saturated heterocycles. The van der Waals surface area contributed by atoms with E-state index < -0.39 is 5.97 Å². The number of carboxylic acid groups (broad SMARTS) is 1. The number of aryl methyl sites for hydroxylation is 2. The van der Waals surface area contributed by atoms with Crippen LogP contribution in [0.4, 0.5) is 0 Å². The Balaban J connectivity index is 1.82. The highest BCUT2D eigenvalue weighted by Crippen LogP contribution is 2.24. The summed E-state index contributed by atoms with van der Waals surface area (Å²) in [6, 6.07) is 1.94. The van der Waals surface area contributed by atoms with Crippen molar-refractivity contribution in [2.75, 3.05) is 38.6 Å². The molecule has 1 aliphatic rings. The summed E-state index contributed by atoms with van der Waals surface area (Å²) in [6.07, 6.45) is 4.39. The number of thioether (sulfide) groups is 1. The number of ether oxygens (including phenoxy) is 1. The summed E-state index contributed by atoms with van der Waals surface area (Å²) in [5.74, 6) is -0.0524. The van der Waals surface area contributed by atoms with E-state index in [0.717, 1.165) is 62.7 Å². The van der Waals surface area contributed by atoms with Crippen molar-refractivity contribution in [3.05, 3.63) is 22.9 Å². The van der Waals surface area contributed by atoms with Gasteiger partial charge < -0.3 is 9.84 Å². The van der Waals surface area contributed by atoms with E-state index in [1.807, 2.05) is 19.9 Å². The standard InChI is InChI=1S/C18H28N2O3S/c1-3-24-17-16(18(21)22)14(2)13-15(19-17)7-5-4-6-8-20-9-11-23-12-10-20/h13H,3-12H2,1-2H3,(H,21,22). The molecule has 1 aliphatic heterocycles. The summed E-state index contributed by atoms with van der Waals surface area (Å²) >= 11 is 1.51. The Kier molecular flexibility index (Phi) is 8.02. The van der Waals surface area contributed by atoms with Crippen LogP contribution in [0.15, 0.2) is 11.1 Å². The number of aromatic nitrogens is 1. The highest BCUT2D eigenvalue weighted by atomic mass is 32.2. The molecule has 0 aliphatic carbocycles. The van der Waals surface area contributed by atoms with Gasteiger partial charge in [0.05, 0.1) is 18.8 Å². The lowest BCUT2D eigenvalue weighted by Crippen LogP contribution is -2.36. The maximum atomic E-state index is 11.4. The minimum absolute atomic E-state index is 0.359. The highest BCUT2D eigenvalue weighted by molar-refractivity contribution is 7.99. The first kappa shape index (κ1) is 19.2. The van der Waals surface area contributed by atoms with Crippen molar-refractivity contribution in [1.29, 1.82) is 0 Å². The zero-order valence-corrected chi connectivity index (χ0v) is 15.5. The summed E-state index contributed by atoms with van der Waals surface area (Å²) in [7, 11) is 0. The lowest BCUT2D eigenvalue weighted by molar-refractivity contribution is 0.0371. The monoisotopic (exact) mass is 352 g/mol. The first-order valence-electron chi connectivity index (χ1n) is 8.78.